The third-order valence-corrected chi connectivity index (χ3v) is 3.22. The first-order valence-corrected chi connectivity index (χ1v) is 6.48. The van der Waals surface area contributed by atoms with E-state index in [4.69, 9.17) is 0 Å². The Morgan fingerprint density at radius 3 is 2.74 bits per heavy atom. The lowest BCUT2D eigenvalue weighted by Gasteiger charge is -2.27. The number of hydrogen-bond donors (Lipinski definition) is 1. The monoisotopic (exact) mass is 265 g/mol. The zero-order chi connectivity index (χ0) is 14.0. The minimum absolute atomic E-state index is 0.0339. The van der Waals surface area contributed by atoms with Crippen LogP contribution in [0, 0.1) is 16.0 Å². The van der Waals surface area contributed by atoms with Crippen LogP contribution in [-0.4, -0.2) is 34.5 Å². The molecule has 1 aliphatic rings. The molecular weight excluding hydrogens is 246 g/mol. The van der Waals surface area contributed by atoms with Crippen molar-refractivity contribution >= 4 is 17.5 Å². The molecule has 19 heavy (non-hydrogen) atoms. The number of rotatable bonds is 6. The molecular formula is C12H19N5O2. The normalized spacial score (nSPS) is 14.5. The molecule has 0 spiro atoms. The highest BCUT2D eigenvalue weighted by molar-refractivity contribution is 5.59. The van der Waals surface area contributed by atoms with Gasteiger partial charge in [0.1, 0.15) is 6.20 Å². The van der Waals surface area contributed by atoms with Crippen LogP contribution in [0.3, 0.4) is 0 Å². The summed E-state index contributed by atoms with van der Waals surface area (Å²) in [5.74, 6) is 1.45. The summed E-state index contributed by atoms with van der Waals surface area (Å²) >= 11 is 0. The van der Waals surface area contributed by atoms with E-state index in [1.807, 2.05) is 18.7 Å². The van der Waals surface area contributed by atoms with E-state index in [-0.39, 0.29) is 11.7 Å². The Morgan fingerprint density at radius 2 is 2.26 bits per heavy atom. The smallest absolute Gasteiger partial charge is 0.329 e. The molecule has 0 radical (unpaired) electrons. The minimum Gasteiger partial charge on any atom is -0.357 e. The van der Waals surface area contributed by atoms with Crippen molar-refractivity contribution in [2.24, 2.45) is 5.92 Å². The molecule has 0 atom stereocenters. The summed E-state index contributed by atoms with van der Waals surface area (Å²) in [4.78, 5) is 20.9. The fourth-order valence-corrected chi connectivity index (χ4v) is 1.95. The van der Waals surface area contributed by atoms with Crippen molar-refractivity contribution in [1.29, 1.82) is 0 Å². The van der Waals surface area contributed by atoms with Gasteiger partial charge in [0.05, 0.1) is 4.92 Å². The Bertz CT molecular complexity index is 473. The third kappa shape index (κ3) is 3.10. The Morgan fingerprint density at radius 1 is 1.58 bits per heavy atom. The van der Waals surface area contributed by atoms with Crippen LogP contribution in [-0.2, 0) is 0 Å². The molecule has 0 aromatic carbocycles. The predicted octanol–water partition coefficient (Wildman–Crippen LogP) is 2.05. The maximum atomic E-state index is 11.1. The largest absolute Gasteiger partial charge is 0.357 e. The lowest BCUT2D eigenvalue weighted by atomic mass is 10.2. The zero-order valence-electron chi connectivity index (χ0n) is 11.5. The summed E-state index contributed by atoms with van der Waals surface area (Å²) in [6.07, 6.45) is 3.67. The van der Waals surface area contributed by atoms with Crippen LogP contribution < -0.4 is 10.2 Å². The lowest BCUT2D eigenvalue weighted by Crippen LogP contribution is -2.34. The third-order valence-electron chi connectivity index (χ3n) is 3.22. The number of anilines is 2. The van der Waals surface area contributed by atoms with Gasteiger partial charge in [0.25, 0.3) is 0 Å². The molecule has 1 aromatic heterocycles. The molecule has 1 saturated carbocycles. The van der Waals surface area contributed by atoms with Crippen molar-refractivity contribution in [2.75, 3.05) is 23.8 Å². The van der Waals surface area contributed by atoms with E-state index in [2.05, 4.69) is 15.3 Å². The van der Waals surface area contributed by atoms with Gasteiger partial charge in [-0.25, -0.2) is 4.98 Å². The van der Waals surface area contributed by atoms with E-state index in [1.54, 1.807) is 7.05 Å². The van der Waals surface area contributed by atoms with Crippen molar-refractivity contribution in [3.05, 3.63) is 16.3 Å². The molecule has 1 N–H and O–H groups in total. The van der Waals surface area contributed by atoms with Crippen LogP contribution in [0.2, 0.25) is 0 Å². The first kappa shape index (κ1) is 13.5. The molecule has 1 aromatic rings. The number of nitro groups is 1. The second-order valence-electron chi connectivity index (χ2n) is 5.10. The molecule has 104 valence electrons. The highest BCUT2D eigenvalue weighted by Gasteiger charge is 2.30. The summed E-state index contributed by atoms with van der Waals surface area (Å²) in [5.41, 5.74) is -0.0339. The van der Waals surface area contributed by atoms with E-state index in [0.29, 0.717) is 17.7 Å². The standard InChI is InChI=1S/C12H19N5O2/c1-8(2)16(7-9-4-5-9)11-10(17(18)19)6-14-12(13-3)15-11/h6,8-9H,4-5,7H2,1-3H3,(H,13,14,15). The first-order valence-electron chi connectivity index (χ1n) is 6.48. The van der Waals surface area contributed by atoms with E-state index < -0.39 is 4.92 Å². The molecule has 1 heterocycles. The second kappa shape index (κ2) is 5.38. The first-order chi connectivity index (χ1) is 9.02. The molecule has 1 fully saturated rings. The van der Waals surface area contributed by atoms with Gasteiger partial charge in [-0.1, -0.05) is 0 Å². The van der Waals surface area contributed by atoms with Gasteiger partial charge in [-0.05, 0) is 32.6 Å². The van der Waals surface area contributed by atoms with Gasteiger partial charge >= 0.3 is 5.69 Å². The van der Waals surface area contributed by atoms with Crippen molar-refractivity contribution in [2.45, 2.75) is 32.7 Å². The molecule has 0 bridgehead atoms. The van der Waals surface area contributed by atoms with Gasteiger partial charge < -0.3 is 10.2 Å². The molecule has 0 unspecified atom stereocenters. The maximum Gasteiger partial charge on any atom is 0.329 e. The summed E-state index contributed by atoms with van der Waals surface area (Å²) in [7, 11) is 1.70. The van der Waals surface area contributed by atoms with Gasteiger partial charge in [0.15, 0.2) is 0 Å². The Labute approximate surface area is 112 Å². The Kier molecular flexibility index (Phi) is 3.82. The fourth-order valence-electron chi connectivity index (χ4n) is 1.95. The summed E-state index contributed by atoms with van der Waals surface area (Å²) in [6.45, 7) is 4.86. The predicted molar refractivity (Wildman–Crippen MR) is 73.4 cm³/mol. The highest BCUT2D eigenvalue weighted by Crippen LogP contribution is 2.34. The number of aromatic nitrogens is 2. The Balaban J connectivity index is 2.39. The van der Waals surface area contributed by atoms with Crippen LogP contribution in [0.4, 0.5) is 17.5 Å². The number of hydrogen-bond acceptors (Lipinski definition) is 6. The van der Waals surface area contributed by atoms with Crippen molar-refractivity contribution in [3.63, 3.8) is 0 Å². The van der Waals surface area contributed by atoms with E-state index >= 15 is 0 Å². The number of nitrogens with zero attached hydrogens (tertiary/aromatic N) is 4. The topological polar surface area (TPSA) is 84.2 Å². The summed E-state index contributed by atoms with van der Waals surface area (Å²) in [5, 5.41) is 14.0. The molecule has 1 aliphatic carbocycles. The zero-order valence-corrected chi connectivity index (χ0v) is 11.5. The SMILES string of the molecule is CNc1ncc([N+](=O)[O-])c(N(CC2CC2)C(C)C)n1. The average molecular weight is 265 g/mol. The molecule has 7 nitrogen and oxygen atoms in total. The highest BCUT2D eigenvalue weighted by atomic mass is 16.6. The Hall–Kier alpha value is -1.92. The van der Waals surface area contributed by atoms with Crippen LogP contribution in [0.5, 0.6) is 0 Å². The van der Waals surface area contributed by atoms with Gasteiger partial charge in [0.2, 0.25) is 11.8 Å². The van der Waals surface area contributed by atoms with E-state index in [0.717, 1.165) is 6.54 Å². The van der Waals surface area contributed by atoms with Crippen LogP contribution >= 0.6 is 0 Å². The van der Waals surface area contributed by atoms with Gasteiger partial charge in [-0.2, -0.15) is 4.98 Å². The van der Waals surface area contributed by atoms with Crippen LogP contribution in [0.15, 0.2) is 6.20 Å². The van der Waals surface area contributed by atoms with Gasteiger partial charge in [-0.15, -0.1) is 0 Å². The van der Waals surface area contributed by atoms with Crippen LogP contribution in [0.25, 0.3) is 0 Å². The molecule has 2 rings (SSSR count). The van der Waals surface area contributed by atoms with Crippen molar-refractivity contribution < 1.29 is 4.92 Å². The molecule has 0 amide bonds. The number of nitrogens with one attached hydrogen (secondary N) is 1. The molecule has 0 aliphatic heterocycles. The quantitative estimate of drug-likeness (QED) is 0.626. The lowest BCUT2D eigenvalue weighted by molar-refractivity contribution is -0.384. The van der Waals surface area contributed by atoms with Gasteiger partial charge in [-0.3, -0.25) is 10.1 Å². The summed E-state index contributed by atoms with van der Waals surface area (Å²) < 4.78 is 0. The second-order valence-corrected chi connectivity index (χ2v) is 5.10. The van der Waals surface area contributed by atoms with Crippen molar-refractivity contribution in [1.82, 2.24) is 9.97 Å². The van der Waals surface area contributed by atoms with Gasteiger partial charge in [0, 0.05) is 19.6 Å². The molecule has 7 heteroatoms. The maximum absolute atomic E-state index is 11.1. The van der Waals surface area contributed by atoms with E-state index in [9.17, 15) is 10.1 Å². The van der Waals surface area contributed by atoms with Crippen molar-refractivity contribution in [3.8, 4) is 0 Å². The van der Waals surface area contributed by atoms with Crippen LogP contribution in [0.1, 0.15) is 26.7 Å². The minimum atomic E-state index is -0.420. The average Bonchev–Trinajstić information content (AvgIpc) is 3.18. The molecule has 0 saturated heterocycles. The fraction of sp³-hybridized carbons (Fsp3) is 0.667. The summed E-state index contributed by atoms with van der Waals surface area (Å²) in [6, 6.07) is 0.166. The van der Waals surface area contributed by atoms with E-state index in [1.165, 1.54) is 19.0 Å².